The molecule has 94 valence electrons. The Labute approximate surface area is 120 Å². The summed E-state index contributed by atoms with van der Waals surface area (Å²) in [5, 5.41) is 6.27. The molecule has 0 saturated carbocycles. The van der Waals surface area contributed by atoms with Crippen molar-refractivity contribution in [3.8, 4) is 0 Å². The predicted octanol–water partition coefficient (Wildman–Crippen LogP) is 3.34. The van der Waals surface area contributed by atoms with Gasteiger partial charge in [-0.15, -0.1) is 0 Å². The summed E-state index contributed by atoms with van der Waals surface area (Å²) in [7, 11) is 0. The lowest BCUT2D eigenvalue weighted by Crippen LogP contribution is -2.14. The zero-order valence-corrected chi connectivity index (χ0v) is 12.5. The van der Waals surface area contributed by atoms with Gasteiger partial charge in [-0.25, -0.2) is 0 Å². The molecule has 7 heteroatoms. The van der Waals surface area contributed by atoms with Crippen LogP contribution in [0.4, 0.5) is 11.4 Å². The molecule has 1 amide bonds. The maximum Gasteiger partial charge on any atom is 0.260 e. The average molecular weight is 375 g/mol. The van der Waals surface area contributed by atoms with Crippen LogP contribution < -0.4 is 11.1 Å². The molecule has 18 heavy (non-hydrogen) atoms. The standard InChI is InChI=1S/C11H9Br2N3O2/c1-5-7(4-15-18-5)11(17)16-10-8(13)2-6(12)3-9(10)14/h2-4H,14H2,1H3,(H,16,17). The van der Waals surface area contributed by atoms with E-state index in [2.05, 4.69) is 42.3 Å². The lowest BCUT2D eigenvalue weighted by atomic mass is 10.2. The van der Waals surface area contributed by atoms with Gasteiger partial charge < -0.3 is 15.6 Å². The Morgan fingerprint density at radius 3 is 2.72 bits per heavy atom. The van der Waals surface area contributed by atoms with Crippen LogP contribution in [0.1, 0.15) is 16.1 Å². The third kappa shape index (κ3) is 2.56. The Bertz CT molecular complexity index is 587. The number of rotatable bonds is 2. The summed E-state index contributed by atoms with van der Waals surface area (Å²) in [4.78, 5) is 12.0. The molecular weight excluding hydrogens is 366 g/mol. The van der Waals surface area contributed by atoms with E-state index in [-0.39, 0.29) is 5.91 Å². The van der Waals surface area contributed by atoms with Crippen molar-refractivity contribution in [2.24, 2.45) is 0 Å². The Balaban J connectivity index is 2.31. The number of hydrogen-bond acceptors (Lipinski definition) is 4. The van der Waals surface area contributed by atoms with E-state index in [9.17, 15) is 4.79 Å². The second-order valence-corrected chi connectivity index (χ2v) is 5.37. The fourth-order valence-electron chi connectivity index (χ4n) is 1.42. The number of anilines is 2. The van der Waals surface area contributed by atoms with Gasteiger partial charge in [0, 0.05) is 8.95 Å². The SMILES string of the molecule is Cc1oncc1C(=O)Nc1c(N)cc(Br)cc1Br. The summed E-state index contributed by atoms with van der Waals surface area (Å²) >= 11 is 6.66. The van der Waals surface area contributed by atoms with E-state index in [1.165, 1.54) is 6.20 Å². The van der Waals surface area contributed by atoms with E-state index < -0.39 is 0 Å². The summed E-state index contributed by atoms with van der Waals surface area (Å²) < 4.78 is 6.36. The first-order chi connectivity index (χ1) is 8.49. The Morgan fingerprint density at radius 1 is 1.44 bits per heavy atom. The maximum absolute atomic E-state index is 12.0. The molecule has 0 atom stereocenters. The van der Waals surface area contributed by atoms with Gasteiger partial charge >= 0.3 is 0 Å². The number of hydrogen-bond donors (Lipinski definition) is 2. The Kier molecular flexibility index (Phi) is 3.72. The summed E-state index contributed by atoms with van der Waals surface area (Å²) in [6, 6.07) is 3.51. The van der Waals surface area contributed by atoms with Crippen molar-refractivity contribution in [1.29, 1.82) is 0 Å². The fraction of sp³-hybridized carbons (Fsp3) is 0.0909. The van der Waals surface area contributed by atoms with E-state index in [1.807, 2.05) is 0 Å². The first kappa shape index (κ1) is 13.1. The van der Waals surface area contributed by atoms with E-state index in [0.29, 0.717) is 27.2 Å². The molecule has 2 aromatic rings. The van der Waals surface area contributed by atoms with Crippen molar-refractivity contribution < 1.29 is 9.32 Å². The van der Waals surface area contributed by atoms with Crippen LogP contribution in [0.25, 0.3) is 0 Å². The number of aryl methyl sites for hydroxylation is 1. The van der Waals surface area contributed by atoms with Crippen LogP contribution >= 0.6 is 31.9 Å². The molecule has 5 nitrogen and oxygen atoms in total. The highest BCUT2D eigenvalue weighted by atomic mass is 79.9. The number of halogens is 2. The van der Waals surface area contributed by atoms with Gasteiger partial charge in [0.25, 0.3) is 5.91 Å². The number of carbonyl (C=O) groups excluding carboxylic acids is 1. The molecule has 0 aliphatic heterocycles. The first-order valence-electron chi connectivity index (χ1n) is 4.96. The summed E-state index contributed by atoms with van der Waals surface area (Å²) in [5.74, 6) is 0.141. The van der Waals surface area contributed by atoms with Crippen molar-refractivity contribution in [2.75, 3.05) is 11.1 Å². The molecule has 0 spiro atoms. The molecule has 0 aliphatic rings. The number of aromatic nitrogens is 1. The van der Waals surface area contributed by atoms with Crippen LogP contribution in [-0.2, 0) is 0 Å². The molecular formula is C11H9Br2N3O2. The number of carbonyl (C=O) groups is 1. The largest absolute Gasteiger partial charge is 0.397 e. The van der Waals surface area contributed by atoms with Crippen LogP contribution in [0, 0.1) is 6.92 Å². The van der Waals surface area contributed by atoms with Crippen molar-refractivity contribution in [1.82, 2.24) is 5.16 Å². The van der Waals surface area contributed by atoms with Gasteiger partial charge in [0.15, 0.2) is 0 Å². The average Bonchev–Trinajstić information content (AvgIpc) is 2.69. The van der Waals surface area contributed by atoms with Crippen LogP contribution in [0.2, 0.25) is 0 Å². The second-order valence-electron chi connectivity index (χ2n) is 3.60. The minimum Gasteiger partial charge on any atom is -0.397 e. The number of nitrogen functional groups attached to an aromatic ring is 1. The highest BCUT2D eigenvalue weighted by Gasteiger charge is 2.16. The molecule has 0 radical (unpaired) electrons. The van der Waals surface area contributed by atoms with Crippen molar-refractivity contribution in [3.05, 3.63) is 38.6 Å². The minimum absolute atomic E-state index is 0.316. The first-order valence-corrected chi connectivity index (χ1v) is 6.55. The minimum atomic E-state index is -0.316. The van der Waals surface area contributed by atoms with Crippen molar-refractivity contribution in [2.45, 2.75) is 6.92 Å². The molecule has 0 bridgehead atoms. The summed E-state index contributed by atoms with van der Waals surface area (Å²) in [6.07, 6.45) is 1.37. The zero-order chi connectivity index (χ0) is 13.3. The van der Waals surface area contributed by atoms with Gasteiger partial charge in [0.1, 0.15) is 11.3 Å². The maximum atomic E-state index is 12.0. The topological polar surface area (TPSA) is 81.2 Å². The molecule has 1 aromatic heterocycles. The quantitative estimate of drug-likeness (QED) is 0.790. The van der Waals surface area contributed by atoms with Gasteiger partial charge in [0.05, 0.1) is 17.6 Å². The summed E-state index contributed by atoms with van der Waals surface area (Å²) in [5.41, 5.74) is 7.20. The lowest BCUT2D eigenvalue weighted by Gasteiger charge is -2.10. The Hall–Kier alpha value is -1.34. The molecule has 0 aliphatic carbocycles. The van der Waals surface area contributed by atoms with Gasteiger partial charge in [-0.2, -0.15) is 0 Å². The van der Waals surface area contributed by atoms with Gasteiger partial charge in [-0.1, -0.05) is 21.1 Å². The van der Waals surface area contributed by atoms with Crippen LogP contribution in [0.3, 0.4) is 0 Å². The molecule has 1 aromatic carbocycles. The molecule has 2 rings (SSSR count). The number of nitrogens with two attached hydrogens (primary N) is 1. The number of nitrogens with one attached hydrogen (secondary N) is 1. The highest BCUT2D eigenvalue weighted by molar-refractivity contribution is 9.11. The third-order valence-electron chi connectivity index (χ3n) is 2.32. The normalized spacial score (nSPS) is 10.4. The monoisotopic (exact) mass is 373 g/mol. The highest BCUT2D eigenvalue weighted by Crippen LogP contribution is 2.32. The number of benzene rings is 1. The smallest absolute Gasteiger partial charge is 0.260 e. The molecule has 0 saturated heterocycles. The van der Waals surface area contributed by atoms with Gasteiger partial charge in [0.2, 0.25) is 0 Å². The van der Waals surface area contributed by atoms with E-state index in [4.69, 9.17) is 10.3 Å². The molecule has 0 unspecified atom stereocenters. The number of amides is 1. The van der Waals surface area contributed by atoms with Crippen molar-refractivity contribution in [3.63, 3.8) is 0 Å². The van der Waals surface area contributed by atoms with Crippen molar-refractivity contribution >= 4 is 49.1 Å². The van der Waals surface area contributed by atoms with Crippen LogP contribution in [-0.4, -0.2) is 11.1 Å². The second kappa shape index (κ2) is 5.11. The Morgan fingerprint density at radius 2 is 2.17 bits per heavy atom. The van der Waals surface area contributed by atoms with E-state index >= 15 is 0 Å². The summed E-state index contributed by atoms with van der Waals surface area (Å²) in [6.45, 7) is 1.67. The molecule has 0 fully saturated rings. The van der Waals surface area contributed by atoms with E-state index in [1.54, 1.807) is 19.1 Å². The van der Waals surface area contributed by atoms with Crippen LogP contribution in [0.5, 0.6) is 0 Å². The van der Waals surface area contributed by atoms with E-state index in [0.717, 1.165) is 4.47 Å². The predicted molar refractivity (Wildman–Crippen MR) is 75.4 cm³/mol. The van der Waals surface area contributed by atoms with Gasteiger partial charge in [-0.3, -0.25) is 4.79 Å². The number of nitrogens with zero attached hydrogens (tertiary/aromatic N) is 1. The van der Waals surface area contributed by atoms with Crippen LogP contribution in [0.15, 0.2) is 31.8 Å². The fourth-order valence-corrected chi connectivity index (χ4v) is 2.78. The van der Waals surface area contributed by atoms with Gasteiger partial charge in [-0.05, 0) is 35.0 Å². The zero-order valence-electron chi connectivity index (χ0n) is 9.33. The third-order valence-corrected chi connectivity index (χ3v) is 3.40. The lowest BCUT2D eigenvalue weighted by molar-refractivity contribution is 0.102. The molecule has 1 heterocycles. The molecule has 3 N–H and O–H groups in total.